The monoisotopic (exact) mass is 281 g/mol. The lowest BCUT2D eigenvalue weighted by Gasteiger charge is -2.42. The highest BCUT2D eigenvalue weighted by Crippen LogP contribution is 2.41. The van der Waals surface area contributed by atoms with E-state index >= 15 is 0 Å². The van der Waals surface area contributed by atoms with Crippen molar-refractivity contribution in [3.8, 4) is 0 Å². The zero-order valence-corrected chi connectivity index (χ0v) is 14.2. The SMILES string of the molecule is CC(C)CN(CC1CC(C(C)(C)C)CCC1O)C1CC1. The predicted molar refractivity (Wildman–Crippen MR) is 85.7 cm³/mol. The summed E-state index contributed by atoms with van der Waals surface area (Å²) in [6.45, 7) is 14.0. The summed E-state index contributed by atoms with van der Waals surface area (Å²) in [5.74, 6) is 2.00. The second kappa shape index (κ2) is 6.36. The minimum atomic E-state index is -0.0676. The Morgan fingerprint density at radius 2 is 1.75 bits per heavy atom. The molecule has 0 saturated heterocycles. The molecule has 0 bridgehead atoms. The van der Waals surface area contributed by atoms with Crippen LogP contribution in [0.4, 0.5) is 0 Å². The quantitative estimate of drug-likeness (QED) is 0.825. The van der Waals surface area contributed by atoms with Gasteiger partial charge < -0.3 is 5.11 Å². The van der Waals surface area contributed by atoms with Gasteiger partial charge >= 0.3 is 0 Å². The molecule has 0 radical (unpaired) electrons. The molecule has 0 aromatic heterocycles. The molecule has 2 heteroatoms. The van der Waals surface area contributed by atoms with Gasteiger partial charge in [0.25, 0.3) is 0 Å². The minimum absolute atomic E-state index is 0.0676. The zero-order chi connectivity index (χ0) is 14.9. The molecule has 2 aliphatic carbocycles. The topological polar surface area (TPSA) is 23.5 Å². The number of hydrogen-bond acceptors (Lipinski definition) is 2. The van der Waals surface area contributed by atoms with Crippen LogP contribution >= 0.6 is 0 Å². The van der Waals surface area contributed by atoms with Gasteiger partial charge in [-0.15, -0.1) is 0 Å². The lowest BCUT2D eigenvalue weighted by molar-refractivity contribution is 0.000508. The van der Waals surface area contributed by atoms with E-state index in [9.17, 15) is 5.11 Å². The highest BCUT2D eigenvalue weighted by Gasteiger charge is 2.38. The summed E-state index contributed by atoms with van der Waals surface area (Å²) in [5, 5.41) is 10.4. The average molecular weight is 281 g/mol. The van der Waals surface area contributed by atoms with Gasteiger partial charge in [-0.05, 0) is 55.3 Å². The third kappa shape index (κ3) is 4.46. The molecule has 3 unspecified atom stereocenters. The molecule has 2 aliphatic rings. The Morgan fingerprint density at radius 3 is 2.25 bits per heavy atom. The number of hydrogen-bond donors (Lipinski definition) is 1. The third-order valence-electron chi connectivity index (χ3n) is 5.30. The van der Waals surface area contributed by atoms with E-state index in [2.05, 4.69) is 39.5 Å². The molecule has 0 aromatic rings. The Kier molecular flexibility index (Phi) is 5.18. The van der Waals surface area contributed by atoms with E-state index < -0.39 is 0 Å². The van der Waals surface area contributed by atoms with Crippen molar-refractivity contribution in [2.24, 2.45) is 23.2 Å². The van der Waals surface area contributed by atoms with Crippen molar-refractivity contribution in [2.75, 3.05) is 13.1 Å². The van der Waals surface area contributed by atoms with Crippen LogP contribution < -0.4 is 0 Å². The van der Waals surface area contributed by atoms with E-state index in [1.54, 1.807) is 0 Å². The van der Waals surface area contributed by atoms with E-state index in [0.717, 1.165) is 30.8 Å². The molecule has 0 heterocycles. The number of aliphatic hydroxyl groups is 1. The Morgan fingerprint density at radius 1 is 1.10 bits per heavy atom. The van der Waals surface area contributed by atoms with E-state index in [0.29, 0.717) is 11.3 Å². The van der Waals surface area contributed by atoms with E-state index in [-0.39, 0.29) is 6.10 Å². The average Bonchev–Trinajstić information content (AvgIpc) is 3.12. The molecule has 2 fully saturated rings. The maximum Gasteiger partial charge on any atom is 0.0580 e. The summed E-state index contributed by atoms with van der Waals surface area (Å²) in [4.78, 5) is 2.67. The van der Waals surface area contributed by atoms with Crippen LogP contribution in [-0.2, 0) is 0 Å². The van der Waals surface area contributed by atoms with Crippen LogP contribution in [0.1, 0.15) is 66.7 Å². The maximum absolute atomic E-state index is 10.4. The minimum Gasteiger partial charge on any atom is -0.393 e. The van der Waals surface area contributed by atoms with Gasteiger partial charge in [-0.1, -0.05) is 34.6 Å². The summed E-state index contributed by atoms with van der Waals surface area (Å²) in [6.07, 6.45) is 6.10. The van der Waals surface area contributed by atoms with Crippen LogP contribution in [0.25, 0.3) is 0 Å². The predicted octanol–water partition coefficient (Wildman–Crippen LogP) is 3.93. The van der Waals surface area contributed by atoms with Gasteiger partial charge in [-0.25, -0.2) is 0 Å². The molecular weight excluding hydrogens is 246 g/mol. The fourth-order valence-corrected chi connectivity index (χ4v) is 3.81. The molecule has 1 N–H and O–H groups in total. The molecule has 0 amide bonds. The van der Waals surface area contributed by atoms with Gasteiger partial charge in [0.2, 0.25) is 0 Å². The summed E-state index contributed by atoms with van der Waals surface area (Å²) in [7, 11) is 0. The van der Waals surface area contributed by atoms with Crippen LogP contribution in [0, 0.1) is 23.2 Å². The Bertz CT molecular complexity index is 303. The standard InChI is InChI=1S/C18H35NO/c1-13(2)11-19(16-7-8-16)12-14-10-15(18(3,4)5)6-9-17(14)20/h13-17,20H,6-12H2,1-5H3. The van der Waals surface area contributed by atoms with Crippen molar-refractivity contribution in [3.63, 3.8) is 0 Å². The van der Waals surface area contributed by atoms with Crippen LogP contribution in [0.3, 0.4) is 0 Å². The zero-order valence-electron chi connectivity index (χ0n) is 14.2. The fourth-order valence-electron chi connectivity index (χ4n) is 3.81. The lowest BCUT2D eigenvalue weighted by atomic mass is 9.68. The number of aliphatic hydroxyl groups excluding tert-OH is 1. The number of rotatable bonds is 5. The molecule has 118 valence electrons. The van der Waals surface area contributed by atoms with Crippen molar-refractivity contribution in [1.29, 1.82) is 0 Å². The van der Waals surface area contributed by atoms with E-state index in [1.165, 1.54) is 32.2 Å². The third-order valence-corrected chi connectivity index (χ3v) is 5.30. The van der Waals surface area contributed by atoms with Crippen molar-refractivity contribution < 1.29 is 5.11 Å². The lowest BCUT2D eigenvalue weighted by Crippen LogP contribution is -2.43. The van der Waals surface area contributed by atoms with Gasteiger partial charge in [-0.3, -0.25) is 4.90 Å². The first-order chi connectivity index (χ1) is 9.27. The largest absolute Gasteiger partial charge is 0.393 e. The molecule has 20 heavy (non-hydrogen) atoms. The smallest absolute Gasteiger partial charge is 0.0580 e. The van der Waals surface area contributed by atoms with Crippen molar-refractivity contribution in [1.82, 2.24) is 4.90 Å². The Balaban J connectivity index is 1.94. The second-order valence-electron chi connectivity index (χ2n) is 8.78. The number of nitrogens with zero attached hydrogens (tertiary/aromatic N) is 1. The highest BCUT2D eigenvalue weighted by molar-refractivity contribution is 4.91. The first-order valence-corrected chi connectivity index (χ1v) is 8.69. The second-order valence-corrected chi connectivity index (χ2v) is 8.78. The van der Waals surface area contributed by atoms with Crippen LogP contribution in [0.2, 0.25) is 0 Å². The molecular formula is C18H35NO. The summed E-state index contributed by atoms with van der Waals surface area (Å²) < 4.78 is 0. The fraction of sp³-hybridized carbons (Fsp3) is 1.00. The van der Waals surface area contributed by atoms with Crippen LogP contribution in [0.15, 0.2) is 0 Å². The van der Waals surface area contributed by atoms with Crippen molar-refractivity contribution in [3.05, 3.63) is 0 Å². The molecule has 2 rings (SSSR count). The molecule has 2 saturated carbocycles. The first kappa shape index (κ1) is 16.3. The van der Waals surface area contributed by atoms with E-state index in [4.69, 9.17) is 0 Å². The molecule has 0 aromatic carbocycles. The summed E-state index contributed by atoms with van der Waals surface area (Å²) in [5.41, 5.74) is 0.390. The molecule has 3 atom stereocenters. The van der Waals surface area contributed by atoms with Gasteiger partial charge in [0.05, 0.1) is 6.10 Å². The Labute approximate surface area is 125 Å². The van der Waals surface area contributed by atoms with Gasteiger partial charge in [-0.2, -0.15) is 0 Å². The maximum atomic E-state index is 10.4. The van der Waals surface area contributed by atoms with Gasteiger partial charge in [0.15, 0.2) is 0 Å². The van der Waals surface area contributed by atoms with Crippen LogP contribution in [0.5, 0.6) is 0 Å². The normalized spacial score (nSPS) is 32.1. The van der Waals surface area contributed by atoms with Crippen molar-refractivity contribution >= 4 is 0 Å². The Hall–Kier alpha value is -0.0800. The molecule has 0 aliphatic heterocycles. The van der Waals surface area contributed by atoms with Gasteiger partial charge in [0.1, 0.15) is 0 Å². The van der Waals surface area contributed by atoms with Gasteiger partial charge in [0, 0.05) is 19.1 Å². The molecule has 0 spiro atoms. The van der Waals surface area contributed by atoms with E-state index in [1.807, 2.05) is 0 Å². The summed E-state index contributed by atoms with van der Waals surface area (Å²) >= 11 is 0. The van der Waals surface area contributed by atoms with Crippen molar-refractivity contribution in [2.45, 2.75) is 78.9 Å². The van der Waals surface area contributed by atoms with Crippen LogP contribution in [-0.4, -0.2) is 35.2 Å². The summed E-state index contributed by atoms with van der Waals surface area (Å²) in [6, 6.07) is 0.819. The molecule has 2 nitrogen and oxygen atoms in total. The first-order valence-electron chi connectivity index (χ1n) is 8.69. The highest BCUT2D eigenvalue weighted by atomic mass is 16.3.